The SMILES string of the molecule is Cc1ccc(NN2C(=O)C3CC4C(=CCC5C(=O)N(O)C(=O)C54)C(c4ccc(O)c5ccccc45)C3(c3ccccc3)C2=O)cc1. The van der Waals surface area contributed by atoms with E-state index < -0.39 is 58.6 Å². The zero-order valence-corrected chi connectivity index (χ0v) is 25.0. The Balaban J connectivity index is 1.41. The van der Waals surface area contributed by atoms with Crippen LogP contribution in [0.15, 0.2) is 103 Å². The third kappa shape index (κ3) is 3.72. The summed E-state index contributed by atoms with van der Waals surface area (Å²) < 4.78 is 0. The van der Waals surface area contributed by atoms with Gasteiger partial charge in [-0.2, -0.15) is 10.1 Å². The van der Waals surface area contributed by atoms with E-state index in [1.807, 2.05) is 91.9 Å². The lowest BCUT2D eigenvalue weighted by Gasteiger charge is -2.50. The summed E-state index contributed by atoms with van der Waals surface area (Å²) in [5, 5.41) is 23.9. The summed E-state index contributed by atoms with van der Waals surface area (Å²) in [7, 11) is 0. The molecule has 2 aliphatic carbocycles. The van der Waals surface area contributed by atoms with Crippen molar-refractivity contribution in [1.29, 1.82) is 0 Å². The first-order valence-corrected chi connectivity index (χ1v) is 15.5. The molecule has 2 saturated heterocycles. The summed E-state index contributed by atoms with van der Waals surface area (Å²) in [6.07, 6.45) is 2.29. The second-order valence-electron chi connectivity index (χ2n) is 12.8. The third-order valence-electron chi connectivity index (χ3n) is 10.6. The number of hydroxylamine groups is 2. The van der Waals surface area contributed by atoms with Crippen molar-refractivity contribution < 1.29 is 29.5 Å². The number of nitrogens with zero attached hydrogens (tertiary/aromatic N) is 2. The Morgan fingerprint density at radius 2 is 1.48 bits per heavy atom. The van der Waals surface area contributed by atoms with Gasteiger partial charge in [-0.1, -0.05) is 90.0 Å². The highest BCUT2D eigenvalue weighted by Crippen LogP contribution is 2.64. The van der Waals surface area contributed by atoms with Crippen LogP contribution in [0.1, 0.15) is 35.4 Å². The zero-order chi connectivity index (χ0) is 31.9. The van der Waals surface area contributed by atoms with Gasteiger partial charge in [0.05, 0.1) is 28.9 Å². The predicted molar refractivity (Wildman–Crippen MR) is 168 cm³/mol. The molecule has 1 saturated carbocycles. The van der Waals surface area contributed by atoms with Gasteiger partial charge in [0.2, 0.25) is 0 Å². The lowest BCUT2D eigenvalue weighted by atomic mass is 9.49. The maximum atomic E-state index is 15.2. The topological polar surface area (TPSA) is 127 Å². The van der Waals surface area contributed by atoms with Crippen molar-refractivity contribution in [2.24, 2.45) is 23.7 Å². The number of nitrogens with one attached hydrogen (secondary N) is 1. The number of imide groups is 2. The summed E-state index contributed by atoms with van der Waals surface area (Å²) in [6.45, 7) is 1.95. The minimum atomic E-state index is -1.42. The molecule has 230 valence electrons. The number of phenolic OH excluding ortho intramolecular Hbond substituents is 1. The van der Waals surface area contributed by atoms with Crippen LogP contribution in [0.25, 0.3) is 10.8 Å². The number of aryl methyl sites for hydroxylation is 1. The number of aromatic hydroxyl groups is 1. The third-order valence-corrected chi connectivity index (χ3v) is 10.6. The van der Waals surface area contributed by atoms with Crippen LogP contribution in [-0.2, 0) is 24.6 Å². The van der Waals surface area contributed by atoms with E-state index in [0.717, 1.165) is 21.7 Å². The van der Waals surface area contributed by atoms with Crippen LogP contribution in [0.4, 0.5) is 5.69 Å². The van der Waals surface area contributed by atoms with E-state index in [9.17, 15) is 24.7 Å². The van der Waals surface area contributed by atoms with E-state index in [4.69, 9.17) is 0 Å². The average molecular weight is 614 g/mol. The fraction of sp³-hybridized carbons (Fsp3) is 0.243. The summed E-state index contributed by atoms with van der Waals surface area (Å²) in [4.78, 5) is 56.2. The Hall–Kier alpha value is -5.28. The van der Waals surface area contributed by atoms with Crippen LogP contribution in [-0.4, -0.2) is 44.0 Å². The number of hydrazine groups is 1. The van der Waals surface area contributed by atoms with Gasteiger partial charge in [0.15, 0.2) is 0 Å². The van der Waals surface area contributed by atoms with E-state index in [2.05, 4.69) is 5.43 Å². The number of hydrogen-bond acceptors (Lipinski definition) is 7. The minimum absolute atomic E-state index is 0.0821. The minimum Gasteiger partial charge on any atom is -0.507 e. The molecule has 3 fully saturated rings. The van der Waals surface area contributed by atoms with Gasteiger partial charge in [-0.25, -0.2) is 0 Å². The molecule has 8 rings (SSSR count). The van der Waals surface area contributed by atoms with E-state index in [1.165, 1.54) is 0 Å². The monoisotopic (exact) mass is 613 g/mol. The van der Waals surface area contributed by atoms with Gasteiger partial charge in [0, 0.05) is 11.3 Å². The molecule has 0 aromatic heterocycles. The quantitative estimate of drug-likeness (QED) is 0.164. The molecule has 4 aromatic carbocycles. The van der Waals surface area contributed by atoms with Crippen LogP contribution in [0.5, 0.6) is 5.75 Å². The molecule has 4 aliphatic rings. The molecule has 46 heavy (non-hydrogen) atoms. The summed E-state index contributed by atoms with van der Waals surface area (Å²) in [6, 6.07) is 27.5. The second-order valence-corrected chi connectivity index (χ2v) is 12.8. The van der Waals surface area contributed by atoms with Gasteiger partial charge < -0.3 is 5.11 Å². The van der Waals surface area contributed by atoms with Gasteiger partial charge >= 0.3 is 0 Å². The molecule has 0 bridgehead atoms. The lowest BCUT2D eigenvalue weighted by Crippen LogP contribution is -2.53. The molecule has 3 N–H and O–H groups in total. The Morgan fingerprint density at radius 3 is 2.22 bits per heavy atom. The fourth-order valence-corrected chi connectivity index (χ4v) is 8.63. The summed E-state index contributed by atoms with van der Waals surface area (Å²) in [5.41, 5.74) is 5.44. The second kappa shape index (κ2) is 10.1. The molecule has 2 aliphatic heterocycles. The average Bonchev–Trinajstić information content (AvgIpc) is 3.43. The number of anilines is 1. The van der Waals surface area contributed by atoms with Gasteiger partial charge in [-0.15, -0.1) is 0 Å². The summed E-state index contributed by atoms with van der Waals surface area (Å²) >= 11 is 0. The highest BCUT2D eigenvalue weighted by atomic mass is 16.5. The molecule has 0 radical (unpaired) electrons. The Labute approximate surface area is 264 Å². The number of allylic oxidation sites excluding steroid dienone is 2. The number of carbonyl (C=O) groups excluding carboxylic acids is 4. The van der Waals surface area contributed by atoms with Crippen LogP contribution in [0.2, 0.25) is 0 Å². The van der Waals surface area contributed by atoms with Gasteiger partial charge in [0.1, 0.15) is 5.75 Å². The first kappa shape index (κ1) is 28.2. The highest BCUT2D eigenvalue weighted by molar-refractivity contribution is 6.13. The first-order chi connectivity index (χ1) is 22.2. The van der Waals surface area contributed by atoms with Crippen LogP contribution >= 0.6 is 0 Å². The van der Waals surface area contributed by atoms with Crippen LogP contribution < -0.4 is 5.43 Å². The fourth-order valence-electron chi connectivity index (χ4n) is 8.63. The maximum absolute atomic E-state index is 15.2. The molecule has 2 heterocycles. The van der Waals surface area contributed by atoms with Crippen molar-refractivity contribution >= 4 is 40.1 Å². The van der Waals surface area contributed by atoms with Crippen LogP contribution in [0.3, 0.4) is 0 Å². The molecule has 4 aromatic rings. The standard InChI is InChI=1S/C37H31N3O6/c1-20-11-13-22(14-12-20)38-39-34(43)29-19-28-26(15-16-27-31(28)35(44)40(46)33(27)42)32(37(29,36(39)45)21-7-3-2-4-8-21)25-17-18-30(41)24-10-6-5-9-23(24)25/h2-15,17-18,27-29,31-32,38,41,46H,16,19H2,1H3. The van der Waals surface area contributed by atoms with Crippen molar-refractivity contribution in [2.45, 2.75) is 31.1 Å². The van der Waals surface area contributed by atoms with E-state index in [0.29, 0.717) is 22.0 Å². The lowest BCUT2D eigenvalue weighted by molar-refractivity contribution is -0.173. The van der Waals surface area contributed by atoms with Gasteiger partial charge in [-0.3, -0.25) is 29.8 Å². The van der Waals surface area contributed by atoms with Crippen LogP contribution in [0, 0.1) is 30.6 Å². The predicted octanol–water partition coefficient (Wildman–Crippen LogP) is 5.23. The number of phenols is 1. The van der Waals surface area contributed by atoms with Crippen molar-refractivity contribution in [2.75, 3.05) is 5.43 Å². The van der Waals surface area contributed by atoms with Crippen molar-refractivity contribution in [3.63, 3.8) is 0 Å². The molecule has 9 nitrogen and oxygen atoms in total. The number of fused-ring (bicyclic) bond motifs is 5. The number of rotatable bonds is 4. The van der Waals surface area contributed by atoms with Gasteiger partial charge in [0.25, 0.3) is 23.6 Å². The highest BCUT2D eigenvalue weighted by Gasteiger charge is 2.70. The van der Waals surface area contributed by atoms with E-state index >= 15 is 4.79 Å². The van der Waals surface area contributed by atoms with E-state index in [1.54, 1.807) is 12.1 Å². The smallest absolute Gasteiger partial charge is 0.260 e. The maximum Gasteiger partial charge on any atom is 0.260 e. The molecule has 6 unspecified atom stereocenters. The number of carbonyl (C=O) groups is 4. The largest absolute Gasteiger partial charge is 0.507 e. The molecule has 4 amide bonds. The van der Waals surface area contributed by atoms with Crippen molar-refractivity contribution in [3.8, 4) is 5.75 Å². The normalized spacial score (nSPS) is 28.7. The molecule has 9 heteroatoms. The number of hydrogen-bond donors (Lipinski definition) is 3. The number of benzene rings is 4. The molecular weight excluding hydrogens is 582 g/mol. The molecular formula is C37H31N3O6. The number of amides is 4. The Morgan fingerprint density at radius 1 is 0.783 bits per heavy atom. The Bertz CT molecular complexity index is 1990. The van der Waals surface area contributed by atoms with Crippen molar-refractivity contribution in [3.05, 3.63) is 119 Å². The molecule has 0 spiro atoms. The van der Waals surface area contributed by atoms with E-state index in [-0.39, 0.29) is 23.7 Å². The summed E-state index contributed by atoms with van der Waals surface area (Å²) in [5.74, 6) is -5.93. The zero-order valence-electron chi connectivity index (χ0n) is 25.0. The van der Waals surface area contributed by atoms with Gasteiger partial charge in [-0.05, 0) is 60.4 Å². The Kier molecular flexibility index (Phi) is 6.20. The van der Waals surface area contributed by atoms with Crippen molar-refractivity contribution in [1.82, 2.24) is 10.1 Å². The first-order valence-electron chi connectivity index (χ1n) is 15.5. The molecule has 6 atom stereocenters.